The molecule has 2 fully saturated rings. The first-order valence-electron chi connectivity index (χ1n) is 7.59. The predicted molar refractivity (Wildman–Crippen MR) is 76.2 cm³/mol. The van der Waals surface area contributed by atoms with Crippen LogP contribution in [-0.4, -0.2) is 20.8 Å². The quantitative estimate of drug-likeness (QED) is 0.861. The standard InChI is InChI=1S/C17H18N2O/c20-14-8-17(6-3-7-17)15(14)16-12-5-2-1-4-11(12)13-9-18-10-19(13)16/h1-2,4-5,9-10,14-16,20H,3,6-8H2/t14-,15?,16+/m0/s1. The third-order valence-corrected chi connectivity index (χ3v) is 5.95. The summed E-state index contributed by atoms with van der Waals surface area (Å²) in [4.78, 5) is 4.33. The number of rotatable bonds is 1. The summed E-state index contributed by atoms with van der Waals surface area (Å²) in [6, 6.07) is 8.90. The molecule has 1 unspecified atom stereocenters. The lowest BCUT2D eigenvalue weighted by Crippen LogP contribution is -2.58. The lowest BCUT2D eigenvalue weighted by Gasteiger charge is -2.61. The Morgan fingerprint density at radius 2 is 2.10 bits per heavy atom. The van der Waals surface area contributed by atoms with Crippen molar-refractivity contribution in [2.75, 3.05) is 0 Å². The van der Waals surface area contributed by atoms with E-state index in [1.54, 1.807) is 0 Å². The van der Waals surface area contributed by atoms with Gasteiger partial charge in [0.05, 0.1) is 30.4 Å². The minimum absolute atomic E-state index is 0.151. The Morgan fingerprint density at radius 3 is 2.85 bits per heavy atom. The first-order chi connectivity index (χ1) is 9.80. The van der Waals surface area contributed by atoms with E-state index >= 15 is 0 Å². The van der Waals surface area contributed by atoms with Gasteiger partial charge in [0.25, 0.3) is 0 Å². The van der Waals surface area contributed by atoms with Crippen molar-refractivity contribution < 1.29 is 5.11 Å². The number of aliphatic hydroxyl groups is 1. The van der Waals surface area contributed by atoms with Crippen molar-refractivity contribution in [1.82, 2.24) is 9.55 Å². The van der Waals surface area contributed by atoms with Crippen molar-refractivity contribution in [3.63, 3.8) is 0 Å². The second-order valence-corrected chi connectivity index (χ2v) is 6.73. The van der Waals surface area contributed by atoms with E-state index in [4.69, 9.17) is 0 Å². The molecule has 1 N–H and O–H groups in total. The maximum Gasteiger partial charge on any atom is 0.0956 e. The highest BCUT2D eigenvalue weighted by Gasteiger charge is 2.60. The Bertz CT molecular complexity index is 686. The molecule has 2 aliphatic carbocycles. The van der Waals surface area contributed by atoms with Gasteiger partial charge in [0.15, 0.2) is 0 Å². The van der Waals surface area contributed by atoms with Crippen molar-refractivity contribution in [2.24, 2.45) is 11.3 Å². The molecule has 102 valence electrons. The van der Waals surface area contributed by atoms with Crippen molar-refractivity contribution in [1.29, 1.82) is 0 Å². The molecule has 1 aromatic heterocycles. The molecule has 3 heteroatoms. The highest BCUT2D eigenvalue weighted by Crippen LogP contribution is 2.65. The first-order valence-corrected chi connectivity index (χ1v) is 7.59. The van der Waals surface area contributed by atoms with E-state index in [-0.39, 0.29) is 12.1 Å². The lowest BCUT2D eigenvalue weighted by atomic mass is 9.46. The van der Waals surface area contributed by atoms with Gasteiger partial charge in [0.1, 0.15) is 0 Å². The molecule has 20 heavy (non-hydrogen) atoms. The van der Waals surface area contributed by atoms with E-state index in [1.807, 2.05) is 12.5 Å². The van der Waals surface area contributed by atoms with Gasteiger partial charge in [-0.15, -0.1) is 0 Å². The number of benzene rings is 1. The number of aromatic nitrogens is 2. The number of nitrogens with zero attached hydrogens (tertiary/aromatic N) is 2. The van der Waals surface area contributed by atoms with Gasteiger partial charge in [0, 0.05) is 11.5 Å². The van der Waals surface area contributed by atoms with Crippen LogP contribution in [0.3, 0.4) is 0 Å². The van der Waals surface area contributed by atoms with E-state index in [0.717, 1.165) is 6.42 Å². The predicted octanol–water partition coefficient (Wildman–Crippen LogP) is 3.00. The normalized spacial score (nSPS) is 32.4. The van der Waals surface area contributed by atoms with Gasteiger partial charge in [0.2, 0.25) is 0 Å². The van der Waals surface area contributed by atoms with Crippen LogP contribution < -0.4 is 0 Å². The van der Waals surface area contributed by atoms with Gasteiger partial charge in [-0.1, -0.05) is 30.7 Å². The molecule has 3 atom stereocenters. The molecule has 3 nitrogen and oxygen atoms in total. The second-order valence-electron chi connectivity index (χ2n) is 6.73. The molecule has 5 rings (SSSR count). The zero-order valence-corrected chi connectivity index (χ0v) is 11.4. The topological polar surface area (TPSA) is 38.1 Å². The Labute approximate surface area is 118 Å². The van der Waals surface area contributed by atoms with Gasteiger partial charge in [-0.2, -0.15) is 0 Å². The highest BCUT2D eigenvalue weighted by molar-refractivity contribution is 5.69. The van der Waals surface area contributed by atoms with Gasteiger partial charge >= 0.3 is 0 Å². The van der Waals surface area contributed by atoms with Crippen LogP contribution in [0.15, 0.2) is 36.8 Å². The van der Waals surface area contributed by atoms with Gasteiger partial charge in [-0.3, -0.25) is 0 Å². The number of fused-ring (bicyclic) bond motifs is 3. The molecule has 2 aromatic rings. The molecule has 0 bridgehead atoms. The number of aliphatic hydroxyl groups excluding tert-OH is 1. The molecule has 0 radical (unpaired) electrons. The van der Waals surface area contributed by atoms with Crippen LogP contribution in [0, 0.1) is 11.3 Å². The van der Waals surface area contributed by atoms with Crippen LogP contribution in [0.4, 0.5) is 0 Å². The minimum Gasteiger partial charge on any atom is -0.393 e. The summed E-state index contributed by atoms with van der Waals surface area (Å²) >= 11 is 0. The molecular formula is C17H18N2O. The molecule has 3 aliphatic rings. The van der Waals surface area contributed by atoms with Gasteiger partial charge in [-0.25, -0.2) is 4.98 Å². The molecule has 0 amide bonds. The molecule has 2 heterocycles. The molecule has 1 aliphatic heterocycles. The van der Waals surface area contributed by atoms with Gasteiger partial charge < -0.3 is 9.67 Å². The fourth-order valence-electron chi connectivity index (χ4n) is 4.88. The second kappa shape index (κ2) is 3.53. The van der Waals surface area contributed by atoms with Crippen molar-refractivity contribution in [3.8, 4) is 11.3 Å². The zero-order chi connectivity index (χ0) is 13.3. The van der Waals surface area contributed by atoms with E-state index in [9.17, 15) is 5.11 Å². The summed E-state index contributed by atoms with van der Waals surface area (Å²) < 4.78 is 2.29. The largest absolute Gasteiger partial charge is 0.393 e. The fourth-order valence-corrected chi connectivity index (χ4v) is 4.88. The Kier molecular flexibility index (Phi) is 1.96. The van der Waals surface area contributed by atoms with Gasteiger partial charge in [-0.05, 0) is 30.2 Å². The Hall–Kier alpha value is -1.61. The van der Waals surface area contributed by atoms with E-state index < -0.39 is 0 Å². The summed E-state index contributed by atoms with van der Waals surface area (Å²) in [6.45, 7) is 0. The van der Waals surface area contributed by atoms with E-state index in [0.29, 0.717) is 11.3 Å². The Balaban J connectivity index is 1.68. The highest BCUT2D eigenvalue weighted by atomic mass is 16.3. The molecule has 1 aromatic carbocycles. The van der Waals surface area contributed by atoms with Crippen LogP contribution >= 0.6 is 0 Å². The summed E-state index contributed by atoms with van der Waals surface area (Å²) in [5.41, 5.74) is 4.28. The lowest BCUT2D eigenvalue weighted by molar-refractivity contribution is -0.165. The molecular weight excluding hydrogens is 248 g/mol. The van der Waals surface area contributed by atoms with Crippen molar-refractivity contribution >= 4 is 0 Å². The maximum atomic E-state index is 10.4. The number of hydrogen-bond donors (Lipinski definition) is 1. The number of imidazole rings is 1. The SMILES string of the molecule is O[C@H]1CC2(CCC2)C1[C@H]1c2ccccc2-c2cncn21. The average molecular weight is 266 g/mol. The van der Waals surface area contributed by atoms with Crippen LogP contribution in [0.25, 0.3) is 11.3 Å². The van der Waals surface area contributed by atoms with Crippen LogP contribution in [0.5, 0.6) is 0 Å². The van der Waals surface area contributed by atoms with Crippen LogP contribution in [0.2, 0.25) is 0 Å². The summed E-state index contributed by atoms with van der Waals surface area (Å²) in [5, 5.41) is 10.4. The maximum absolute atomic E-state index is 10.4. The third kappa shape index (κ3) is 1.14. The monoisotopic (exact) mass is 266 g/mol. The van der Waals surface area contributed by atoms with Crippen molar-refractivity contribution in [3.05, 3.63) is 42.4 Å². The average Bonchev–Trinajstić information content (AvgIpc) is 2.97. The molecule has 0 saturated heterocycles. The smallest absolute Gasteiger partial charge is 0.0956 e. The third-order valence-electron chi connectivity index (χ3n) is 5.95. The zero-order valence-electron chi connectivity index (χ0n) is 11.4. The first kappa shape index (κ1) is 11.1. The molecule has 2 saturated carbocycles. The van der Waals surface area contributed by atoms with Crippen LogP contribution in [-0.2, 0) is 0 Å². The van der Waals surface area contributed by atoms with Crippen LogP contribution in [0.1, 0.15) is 37.3 Å². The minimum atomic E-state index is -0.151. The van der Waals surface area contributed by atoms with E-state index in [2.05, 4.69) is 33.8 Å². The van der Waals surface area contributed by atoms with E-state index in [1.165, 1.54) is 36.1 Å². The summed E-state index contributed by atoms with van der Waals surface area (Å²) in [7, 11) is 0. The number of hydrogen-bond acceptors (Lipinski definition) is 2. The fraction of sp³-hybridized carbons (Fsp3) is 0.471. The Morgan fingerprint density at radius 1 is 1.25 bits per heavy atom. The molecule has 1 spiro atoms. The summed E-state index contributed by atoms with van der Waals surface area (Å²) in [5.74, 6) is 0.368. The summed E-state index contributed by atoms with van der Waals surface area (Å²) in [6.07, 6.45) is 8.65. The van der Waals surface area contributed by atoms with Crippen molar-refractivity contribution in [2.45, 2.75) is 37.8 Å².